The predicted molar refractivity (Wildman–Crippen MR) is 102 cm³/mol. The van der Waals surface area contributed by atoms with Crippen molar-refractivity contribution in [2.45, 2.75) is 24.7 Å². The lowest BCUT2D eigenvalue weighted by Crippen LogP contribution is -2.61. The maximum absolute atomic E-state index is 15.1. The minimum absolute atomic E-state index is 0.113. The molecule has 2 aromatic rings. The number of benzene rings is 2. The van der Waals surface area contributed by atoms with Gasteiger partial charge in [-0.25, -0.2) is 8.78 Å². The number of piperidine rings is 1. The Kier molecular flexibility index (Phi) is 5.61. The Morgan fingerprint density at radius 2 is 1.94 bits per heavy atom. The van der Waals surface area contributed by atoms with E-state index in [2.05, 4.69) is 5.32 Å². The maximum Gasteiger partial charge on any atom is 0.419 e. The summed E-state index contributed by atoms with van der Waals surface area (Å²) < 4.78 is 78.9. The van der Waals surface area contributed by atoms with Crippen LogP contribution in [0.5, 0.6) is 5.75 Å². The van der Waals surface area contributed by atoms with Gasteiger partial charge in [0.2, 0.25) is 0 Å². The number of carbonyl (C=O) groups excluding carboxylic acids is 1. The van der Waals surface area contributed by atoms with E-state index in [-0.39, 0.29) is 47.2 Å². The molecule has 0 radical (unpaired) electrons. The number of nitrogens with zero attached hydrogens (tertiary/aromatic N) is 1. The molecule has 2 heterocycles. The second-order valence-corrected chi connectivity index (χ2v) is 7.37. The molecule has 5 nitrogen and oxygen atoms in total. The first-order chi connectivity index (χ1) is 14.7. The predicted octanol–water partition coefficient (Wildman–Crippen LogP) is 3.75. The average Bonchev–Trinajstić information content (AvgIpc) is 2.73. The van der Waals surface area contributed by atoms with Gasteiger partial charge < -0.3 is 19.7 Å². The van der Waals surface area contributed by atoms with Gasteiger partial charge in [0.05, 0.1) is 30.5 Å². The summed E-state index contributed by atoms with van der Waals surface area (Å²) in [6.07, 6.45) is -4.62. The number of nitrogens with one attached hydrogen (secondary N) is 1. The number of carbonyl (C=O) groups is 1. The van der Waals surface area contributed by atoms with Crippen LogP contribution in [-0.4, -0.2) is 44.9 Å². The topological polar surface area (TPSA) is 50.8 Å². The number of anilines is 1. The average molecular weight is 442 g/mol. The number of rotatable bonds is 3. The van der Waals surface area contributed by atoms with E-state index >= 15 is 4.39 Å². The highest BCUT2D eigenvalue weighted by molar-refractivity contribution is 5.97. The Morgan fingerprint density at radius 3 is 2.65 bits per heavy atom. The van der Waals surface area contributed by atoms with Crippen LogP contribution in [0.4, 0.5) is 27.6 Å². The van der Waals surface area contributed by atoms with Crippen LogP contribution < -0.4 is 15.0 Å². The number of fused-ring (bicyclic) bond motifs is 1. The van der Waals surface area contributed by atoms with Crippen molar-refractivity contribution in [1.82, 2.24) is 5.32 Å². The SMILES string of the molecule is COc1cc(-c2ccc(F)c(C(F)(F)F)c2)c(F)cc1N1C(=O)CO[C@@H]2CNCC[C@H]21. The number of amides is 1. The molecule has 0 unspecified atom stereocenters. The molecule has 10 heteroatoms. The zero-order valence-corrected chi connectivity index (χ0v) is 16.4. The van der Waals surface area contributed by atoms with Gasteiger partial charge in [0.1, 0.15) is 24.0 Å². The Balaban J connectivity index is 1.79. The third-order valence-corrected chi connectivity index (χ3v) is 5.52. The molecule has 0 saturated carbocycles. The van der Waals surface area contributed by atoms with Crippen molar-refractivity contribution >= 4 is 11.6 Å². The fourth-order valence-corrected chi connectivity index (χ4v) is 4.05. The van der Waals surface area contributed by atoms with Crippen molar-refractivity contribution in [3.63, 3.8) is 0 Å². The van der Waals surface area contributed by atoms with Crippen LogP contribution in [0.3, 0.4) is 0 Å². The van der Waals surface area contributed by atoms with E-state index in [9.17, 15) is 22.4 Å². The second kappa shape index (κ2) is 8.08. The van der Waals surface area contributed by atoms with Crippen molar-refractivity contribution < 1.29 is 36.2 Å². The fraction of sp³-hybridized carbons (Fsp3) is 0.381. The molecular formula is C21H19F5N2O3. The number of methoxy groups -OCH3 is 1. The summed E-state index contributed by atoms with van der Waals surface area (Å²) in [6, 6.07) is 4.21. The molecule has 2 fully saturated rings. The summed E-state index contributed by atoms with van der Waals surface area (Å²) in [4.78, 5) is 14.0. The van der Waals surface area contributed by atoms with Crippen LogP contribution in [0.15, 0.2) is 30.3 Å². The molecule has 2 aliphatic rings. The van der Waals surface area contributed by atoms with Gasteiger partial charge in [-0.3, -0.25) is 4.79 Å². The van der Waals surface area contributed by atoms with Gasteiger partial charge in [-0.2, -0.15) is 13.2 Å². The molecule has 1 N–H and O–H groups in total. The molecule has 0 aromatic heterocycles. The van der Waals surface area contributed by atoms with Crippen molar-refractivity contribution in [2.24, 2.45) is 0 Å². The van der Waals surface area contributed by atoms with Gasteiger partial charge in [-0.1, -0.05) is 6.07 Å². The Morgan fingerprint density at radius 1 is 1.16 bits per heavy atom. The van der Waals surface area contributed by atoms with Gasteiger partial charge in [0.25, 0.3) is 5.91 Å². The lowest BCUT2D eigenvalue weighted by molar-refractivity contribution is -0.140. The first kappa shape index (κ1) is 21.5. The molecule has 0 bridgehead atoms. The van der Waals surface area contributed by atoms with Crippen LogP contribution >= 0.6 is 0 Å². The van der Waals surface area contributed by atoms with E-state index in [4.69, 9.17) is 9.47 Å². The minimum Gasteiger partial charge on any atom is -0.495 e. The minimum atomic E-state index is -4.93. The summed E-state index contributed by atoms with van der Waals surface area (Å²) in [6.45, 7) is 1.00. The molecule has 4 rings (SSSR count). The van der Waals surface area contributed by atoms with Crippen molar-refractivity contribution in [3.8, 4) is 16.9 Å². The lowest BCUT2D eigenvalue weighted by Gasteiger charge is -2.44. The number of hydrogen-bond acceptors (Lipinski definition) is 4. The van der Waals surface area contributed by atoms with Gasteiger partial charge in [0.15, 0.2) is 0 Å². The van der Waals surface area contributed by atoms with Crippen LogP contribution in [0.2, 0.25) is 0 Å². The van der Waals surface area contributed by atoms with Gasteiger partial charge >= 0.3 is 6.18 Å². The molecule has 2 aliphatic heterocycles. The number of halogens is 5. The molecule has 31 heavy (non-hydrogen) atoms. The van der Waals surface area contributed by atoms with E-state index in [1.165, 1.54) is 18.1 Å². The summed E-state index contributed by atoms with van der Waals surface area (Å²) in [5, 5.41) is 3.17. The molecule has 166 valence electrons. The summed E-state index contributed by atoms with van der Waals surface area (Å²) in [5.74, 6) is -2.56. The molecule has 1 amide bonds. The van der Waals surface area contributed by atoms with Gasteiger partial charge in [-0.05, 0) is 36.7 Å². The van der Waals surface area contributed by atoms with E-state index in [0.717, 1.165) is 12.1 Å². The monoisotopic (exact) mass is 442 g/mol. The number of ether oxygens (including phenoxy) is 2. The van der Waals surface area contributed by atoms with E-state index < -0.39 is 23.4 Å². The Labute approximate surface area is 174 Å². The van der Waals surface area contributed by atoms with E-state index in [0.29, 0.717) is 31.6 Å². The number of hydrogen-bond donors (Lipinski definition) is 1. The zero-order chi connectivity index (χ0) is 22.3. The third kappa shape index (κ3) is 3.97. The van der Waals surface area contributed by atoms with Crippen molar-refractivity contribution in [3.05, 3.63) is 47.5 Å². The molecular weight excluding hydrogens is 423 g/mol. The highest BCUT2D eigenvalue weighted by Crippen LogP contribution is 2.40. The first-order valence-electron chi connectivity index (χ1n) is 9.59. The molecule has 2 aromatic carbocycles. The molecule has 0 spiro atoms. The molecule has 2 saturated heterocycles. The zero-order valence-electron chi connectivity index (χ0n) is 16.4. The normalized spacial score (nSPS) is 21.7. The van der Waals surface area contributed by atoms with Crippen molar-refractivity contribution in [2.75, 3.05) is 31.7 Å². The van der Waals surface area contributed by atoms with E-state index in [1.54, 1.807) is 0 Å². The largest absolute Gasteiger partial charge is 0.495 e. The molecule has 0 aliphatic carbocycles. The quantitative estimate of drug-likeness (QED) is 0.736. The first-order valence-corrected chi connectivity index (χ1v) is 9.59. The maximum atomic E-state index is 15.1. The summed E-state index contributed by atoms with van der Waals surface area (Å²) in [5.41, 5.74) is -1.68. The highest BCUT2D eigenvalue weighted by Gasteiger charge is 2.40. The summed E-state index contributed by atoms with van der Waals surface area (Å²) >= 11 is 0. The van der Waals surface area contributed by atoms with E-state index in [1.807, 2.05) is 0 Å². The Bertz CT molecular complexity index is 1010. The number of morpholine rings is 1. The van der Waals surface area contributed by atoms with Gasteiger partial charge in [-0.15, -0.1) is 0 Å². The fourth-order valence-electron chi connectivity index (χ4n) is 4.05. The third-order valence-electron chi connectivity index (χ3n) is 5.52. The van der Waals surface area contributed by atoms with Gasteiger partial charge in [0, 0.05) is 18.2 Å². The second-order valence-electron chi connectivity index (χ2n) is 7.37. The van der Waals surface area contributed by atoms with Crippen LogP contribution in [-0.2, 0) is 15.7 Å². The van der Waals surface area contributed by atoms with Crippen LogP contribution in [0, 0.1) is 11.6 Å². The van der Waals surface area contributed by atoms with Crippen LogP contribution in [0.1, 0.15) is 12.0 Å². The smallest absolute Gasteiger partial charge is 0.419 e. The number of alkyl halides is 3. The van der Waals surface area contributed by atoms with Crippen LogP contribution in [0.25, 0.3) is 11.1 Å². The standard InChI is InChI=1S/C21H19F5N2O3/c1-30-18-7-12(11-2-3-14(22)13(6-11)21(24,25)26)15(23)8-17(18)28-16-4-5-27-9-19(16)31-10-20(28)29/h2-3,6-8,16,19,27H,4-5,9-10H2,1H3/t16-,19-/m1/s1. The summed E-state index contributed by atoms with van der Waals surface area (Å²) in [7, 11) is 1.32. The highest BCUT2D eigenvalue weighted by atomic mass is 19.4. The van der Waals surface area contributed by atoms with Crippen molar-refractivity contribution in [1.29, 1.82) is 0 Å². The Hall–Kier alpha value is -2.72. The molecule has 2 atom stereocenters. The lowest BCUT2D eigenvalue weighted by atomic mass is 9.97.